The molecule has 1 rings (SSSR count). The molecule has 0 atom stereocenters. The van der Waals surface area contributed by atoms with E-state index < -0.39 is 23.8 Å². The molecule has 0 heterocycles. The lowest BCUT2D eigenvalue weighted by Crippen LogP contribution is -2.34. The quantitative estimate of drug-likeness (QED) is 0.677. The van der Waals surface area contributed by atoms with Crippen molar-refractivity contribution in [2.24, 2.45) is 5.90 Å². The molecular weight excluding hydrogens is 264 g/mol. The molecule has 0 aliphatic heterocycles. The molecular formula is C10H9F6NO. The van der Waals surface area contributed by atoms with Crippen LogP contribution in [0.25, 0.3) is 0 Å². The van der Waals surface area contributed by atoms with E-state index in [9.17, 15) is 26.3 Å². The van der Waals surface area contributed by atoms with Crippen LogP contribution in [0.2, 0.25) is 0 Å². The Morgan fingerprint density at radius 2 is 1.39 bits per heavy atom. The Kier molecular flexibility index (Phi) is 4.23. The molecule has 102 valence electrons. The highest BCUT2D eigenvalue weighted by Crippen LogP contribution is 2.46. The summed E-state index contributed by atoms with van der Waals surface area (Å²) in [6.45, 7) is -0.0943. The largest absolute Gasteiger partial charge is 0.404 e. The second-order valence-corrected chi connectivity index (χ2v) is 3.57. The van der Waals surface area contributed by atoms with Gasteiger partial charge in [-0.2, -0.15) is 26.3 Å². The van der Waals surface area contributed by atoms with Crippen LogP contribution in [0.4, 0.5) is 26.3 Å². The minimum Gasteiger partial charge on any atom is -0.300 e. The highest BCUT2D eigenvalue weighted by Gasteiger charge is 2.57. The van der Waals surface area contributed by atoms with E-state index in [1.54, 1.807) is 0 Å². The van der Waals surface area contributed by atoms with Crippen LogP contribution < -0.4 is 5.90 Å². The molecule has 0 aliphatic rings. The van der Waals surface area contributed by atoms with Gasteiger partial charge in [0.25, 0.3) is 0 Å². The average Bonchev–Trinajstić information content (AvgIpc) is 2.17. The number of hydrogen-bond donors (Lipinski definition) is 1. The van der Waals surface area contributed by atoms with Crippen LogP contribution in [0.5, 0.6) is 0 Å². The monoisotopic (exact) mass is 273 g/mol. The van der Waals surface area contributed by atoms with Crippen molar-refractivity contribution in [2.75, 3.05) is 0 Å². The third kappa shape index (κ3) is 3.61. The van der Waals surface area contributed by atoms with Crippen LogP contribution in [0, 0.1) is 0 Å². The minimum atomic E-state index is -5.38. The van der Waals surface area contributed by atoms with Gasteiger partial charge >= 0.3 is 12.4 Å². The van der Waals surface area contributed by atoms with E-state index >= 15 is 0 Å². The SMILES string of the molecule is NOCc1ccc(C(C(F)(F)F)C(F)(F)F)cc1. The standard InChI is InChI=1S/C10H9F6NO/c11-9(12,13)8(10(14,15)16)7-3-1-6(2-4-7)5-18-17/h1-4,8H,5,17H2. The molecule has 0 fully saturated rings. The summed E-state index contributed by atoms with van der Waals surface area (Å²) in [5.41, 5.74) is -0.486. The molecule has 18 heavy (non-hydrogen) atoms. The molecule has 0 aromatic heterocycles. The second kappa shape index (κ2) is 5.15. The fourth-order valence-corrected chi connectivity index (χ4v) is 1.47. The first-order valence-electron chi connectivity index (χ1n) is 4.70. The molecule has 0 amide bonds. The van der Waals surface area contributed by atoms with Crippen molar-refractivity contribution < 1.29 is 31.2 Å². The molecule has 1 aromatic rings. The van der Waals surface area contributed by atoms with Crippen LogP contribution in [0.15, 0.2) is 24.3 Å². The Bertz CT molecular complexity index is 369. The highest BCUT2D eigenvalue weighted by molar-refractivity contribution is 5.27. The zero-order valence-corrected chi connectivity index (χ0v) is 8.85. The lowest BCUT2D eigenvalue weighted by molar-refractivity contribution is -0.253. The predicted molar refractivity (Wildman–Crippen MR) is 50.3 cm³/mol. The van der Waals surface area contributed by atoms with Gasteiger partial charge in [-0.25, -0.2) is 5.90 Å². The molecule has 2 N–H and O–H groups in total. The highest BCUT2D eigenvalue weighted by atomic mass is 19.4. The third-order valence-corrected chi connectivity index (χ3v) is 2.22. The fraction of sp³-hybridized carbons (Fsp3) is 0.400. The Balaban J connectivity index is 3.08. The summed E-state index contributed by atoms with van der Waals surface area (Å²) in [6.07, 6.45) is -10.8. The lowest BCUT2D eigenvalue weighted by Gasteiger charge is -2.23. The predicted octanol–water partition coefficient (Wildman–Crippen LogP) is 3.29. The van der Waals surface area contributed by atoms with E-state index in [1.165, 1.54) is 0 Å². The summed E-state index contributed by atoms with van der Waals surface area (Å²) < 4.78 is 74.3. The van der Waals surface area contributed by atoms with Crippen molar-refractivity contribution in [1.29, 1.82) is 0 Å². The summed E-state index contributed by atoms with van der Waals surface area (Å²) in [6, 6.07) is 3.74. The molecule has 0 saturated heterocycles. The Morgan fingerprint density at radius 3 is 1.72 bits per heavy atom. The van der Waals surface area contributed by atoms with E-state index in [0.29, 0.717) is 5.56 Å². The summed E-state index contributed by atoms with van der Waals surface area (Å²) in [5.74, 6) is 1.25. The maximum Gasteiger partial charge on any atom is 0.404 e. The van der Waals surface area contributed by atoms with Gasteiger partial charge in [0.15, 0.2) is 5.92 Å². The van der Waals surface area contributed by atoms with Gasteiger partial charge in [0.2, 0.25) is 0 Å². The van der Waals surface area contributed by atoms with Gasteiger partial charge < -0.3 is 0 Å². The van der Waals surface area contributed by atoms with Crippen LogP contribution in [0.3, 0.4) is 0 Å². The van der Waals surface area contributed by atoms with E-state index in [-0.39, 0.29) is 6.61 Å². The van der Waals surface area contributed by atoms with Crippen LogP contribution >= 0.6 is 0 Å². The first kappa shape index (κ1) is 14.8. The van der Waals surface area contributed by atoms with E-state index in [4.69, 9.17) is 5.90 Å². The molecule has 8 heteroatoms. The van der Waals surface area contributed by atoms with Crippen molar-refractivity contribution in [2.45, 2.75) is 24.9 Å². The number of hydrogen-bond acceptors (Lipinski definition) is 2. The Hall–Kier alpha value is -1.28. The van der Waals surface area contributed by atoms with E-state index in [1.807, 2.05) is 0 Å². The van der Waals surface area contributed by atoms with Gasteiger partial charge in [-0.1, -0.05) is 24.3 Å². The van der Waals surface area contributed by atoms with Crippen LogP contribution in [0.1, 0.15) is 17.0 Å². The lowest BCUT2D eigenvalue weighted by atomic mass is 9.97. The maximum absolute atomic E-state index is 12.4. The Morgan fingerprint density at radius 1 is 0.944 bits per heavy atom. The van der Waals surface area contributed by atoms with E-state index in [0.717, 1.165) is 24.3 Å². The first-order chi connectivity index (χ1) is 8.16. The zero-order valence-electron chi connectivity index (χ0n) is 8.85. The van der Waals surface area contributed by atoms with Crippen molar-refractivity contribution >= 4 is 0 Å². The van der Waals surface area contributed by atoms with Gasteiger partial charge in [0.1, 0.15) is 0 Å². The third-order valence-electron chi connectivity index (χ3n) is 2.22. The first-order valence-corrected chi connectivity index (χ1v) is 4.70. The minimum absolute atomic E-state index is 0.0943. The van der Waals surface area contributed by atoms with Crippen molar-refractivity contribution in [1.82, 2.24) is 0 Å². The van der Waals surface area contributed by atoms with Gasteiger partial charge in [0, 0.05) is 0 Å². The van der Waals surface area contributed by atoms with Gasteiger partial charge in [-0.3, -0.25) is 4.84 Å². The number of benzene rings is 1. The topological polar surface area (TPSA) is 35.2 Å². The number of alkyl halides is 6. The fourth-order valence-electron chi connectivity index (χ4n) is 1.47. The number of rotatable bonds is 3. The molecule has 0 unspecified atom stereocenters. The van der Waals surface area contributed by atoms with Crippen molar-refractivity contribution in [3.8, 4) is 0 Å². The smallest absolute Gasteiger partial charge is 0.300 e. The Labute approximate surface area is 98.3 Å². The second-order valence-electron chi connectivity index (χ2n) is 3.57. The summed E-state index contributed by atoms with van der Waals surface area (Å²) in [4.78, 5) is 4.22. The van der Waals surface area contributed by atoms with Gasteiger partial charge in [-0.05, 0) is 11.1 Å². The van der Waals surface area contributed by atoms with Crippen LogP contribution in [-0.4, -0.2) is 12.4 Å². The normalized spacial score (nSPS) is 13.1. The van der Waals surface area contributed by atoms with E-state index in [2.05, 4.69) is 4.84 Å². The van der Waals surface area contributed by atoms with Crippen molar-refractivity contribution in [3.63, 3.8) is 0 Å². The summed E-state index contributed by atoms with van der Waals surface area (Å²) in [5, 5.41) is 0. The molecule has 0 bridgehead atoms. The molecule has 1 aromatic carbocycles. The zero-order chi connectivity index (χ0) is 14.0. The average molecular weight is 273 g/mol. The summed E-state index contributed by atoms with van der Waals surface area (Å²) >= 11 is 0. The van der Waals surface area contributed by atoms with Gasteiger partial charge in [0.05, 0.1) is 6.61 Å². The van der Waals surface area contributed by atoms with Gasteiger partial charge in [-0.15, -0.1) is 0 Å². The molecule has 0 saturated carbocycles. The molecule has 0 radical (unpaired) electrons. The molecule has 2 nitrogen and oxygen atoms in total. The number of nitrogens with two attached hydrogens (primary N) is 1. The molecule has 0 spiro atoms. The molecule has 0 aliphatic carbocycles. The van der Waals surface area contributed by atoms with Crippen LogP contribution in [-0.2, 0) is 11.4 Å². The number of halogens is 6. The van der Waals surface area contributed by atoms with Crippen molar-refractivity contribution in [3.05, 3.63) is 35.4 Å². The maximum atomic E-state index is 12.4. The summed E-state index contributed by atoms with van der Waals surface area (Å²) in [7, 11) is 0.